The summed E-state index contributed by atoms with van der Waals surface area (Å²) in [4.78, 5) is 52.2. The summed E-state index contributed by atoms with van der Waals surface area (Å²) in [6, 6.07) is 35.5. The second-order valence-electron chi connectivity index (χ2n) is 11.9. The molecule has 52 heavy (non-hydrogen) atoms. The lowest BCUT2D eigenvalue weighted by molar-refractivity contribution is -0.115. The summed E-state index contributed by atoms with van der Waals surface area (Å²) in [6.07, 6.45) is 9.32. The number of rotatable bonds is 10. The number of imide groups is 1. The van der Waals surface area contributed by atoms with E-state index in [0.717, 1.165) is 51.7 Å². The van der Waals surface area contributed by atoms with Crippen LogP contribution in [0.2, 0.25) is 0 Å². The normalized spacial score (nSPS) is 14.1. The molecule has 6 aromatic rings. The molecule has 258 valence electrons. The lowest BCUT2D eigenvalue weighted by Gasteiger charge is -2.15. The van der Waals surface area contributed by atoms with Crippen LogP contribution in [0.15, 0.2) is 139 Å². The Bertz CT molecular complexity index is 2210. The van der Waals surface area contributed by atoms with E-state index in [1.54, 1.807) is 43.0 Å². The van der Waals surface area contributed by atoms with Gasteiger partial charge in [-0.1, -0.05) is 97.1 Å². The number of aldehydes is 1. The van der Waals surface area contributed by atoms with Crippen LogP contribution in [0.3, 0.4) is 0 Å². The third-order valence-electron chi connectivity index (χ3n) is 8.04. The van der Waals surface area contributed by atoms with Crippen molar-refractivity contribution in [2.24, 2.45) is 0 Å². The van der Waals surface area contributed by atoms with Crippen molar-refractivity contribution < 1.29 is 14.4 Å². The highest BCUT2D eigenvalue weighted by atomic mass is 32.2. The molecule has 2 aromatic heterocycles. The van der Waals surface area contributed by atoms with Crippen LogP contribution in [-0.4, -0.2) is 37.4 Å². The number of thioether (sulfide) groups is 1. The molecule has 0 spiro atoms. The van der Waals surface area contributed by atoms with E-state index < -0.39 is 0 Å². The van der Waals surface area contributed by atoms with E-state index in [2.05, 4.69) is 74.0 Å². The zero-order valence-electron chi connectivity index (χ0n) is 28.4. The summed E-state index contributed by atoms with van der Waals surface area (Å²) >= 11 is 0.901. The fraction of sp³-hybridized carbons (Fsp3) is 0.0976. The van der Waals surface area contributed by atoms with Crippen LogP contribution < -0.4 is 16.0 Å². The summed E-state index contributed by atoms with van der Waals surface area (Å²) in [5, 5.41) is 8.63. The van der Waals surface area contributed by atoms with Crippen molar-refractivity contribution in [3.05, 3.63) is 161 Å². The molecule has 10 nitrogen and oxygen atoms in total. The number of anilines is 2. The van der Waals surface area contributed by atoms with Gasteiger partial charge >= 0.3 is 0 Å². The fourth-order valence-corrected chi connectivity index (χ4v) is 6.06. The largest absolute Gasteiger partial charge is 0.362 e. The van der Waals surface area contributed by atoms with Crippen LogP contribution >= 0.6 is 11.8 Å². The second-order valence-corrected chi connectivity index (χ2v) is 12.9. The van der Waals surface area contributed by atoms with Crippen LogP contribution in [-0.2, 0) is 4.79 Å². The Morgan fingerprint density at radius 3 is 1.62 bits per heavy atom. The van der Waals surface area contributed by atoms with Gasteiger partial charge in [-0.15, -0.1) is 0 Å². The van der Waals surface area contributed by atoms with Gasteiger partial charge in [0.25, 0.3) is 11.1 Å². The van der Waals surface area contributed by atoms with Crippen LogP contribution in [0.5, 0.6) is 0 Å². The molecule has 0 unspecified atom stereocenters. The van der Waals surface area contributed by atoms with Crippen LogP contribution in [0.25, 0.3) is 28.6 Å². The van der Waals surface area contributed by atoms with Gasteiger partial charge in [0.1, 0.15) is 17.9 Å². The zero-order valence-corrected chi connectivity index (χ0v) is 29.2. The molecule has 0 saturated carbocycles. The Balaban J connectivity index is 0.000000183. The molecule has 0 aliphatic carbocycles. The standard InChI is InChI=1S/C22H18N4O2S.C19H17N3O/c1-14(16-7-3-2-4-8-16)24-20-13-23-12-18(25-20)17-9-5-6-15(10-17)11-19-21(27)26-22(28)29-19;1-14(16-7-3-2-4-8-16)21-19-12-20-11-18(22-19)17-9-5-6-15(10-17)13-23/h2-14H,1H3,(H,24,25)(H,26,27,28);2-14H,1H3,(H,21,22)/b19-11+;/t2*14-/m00/s1. The number of hydrogen-bond donors (Lipinski definition) is 3. The van der Waals surface area contributed by atoms with Crippen molar-refractivity contribution in [2.45, 2.75) is 25.9 Å². The molecule has 1 aliphatic heterocycles. The summed E-state index contributed by atoms with van der Waals surface area (Å²) in [6.45, 7) is 4.15. The quantitative estimate of drug-likeness (QED) is 0.0936. The molecule has 2 atom stereocenters. The van der Waals surface area contributed by atoms with Gasteiger partial charge in [-0.25, -0.2) is 9.97 Å². The van der Waals surface area contributed by atoms with Gasteiger partial charge < -0.3 is 10.6 Å². The van der Waals surface area contributed by atoms with Crippen molar-refractivity contribution in [3.8, 4) is 22.5 Å². The highest BCUT2D eigenvalue weighted by Crippen LogP contribution is 2.28. The summed E-state index contributed by atoms with van der Waals surface area (Å²) in [5.74, 6) is 1.01. The van der Waals surface area contributed by atoms with Gasteiger partial charge in [-0.05, 0) is 60.5 Å². The SMILES string of the molecule is C[C@H](Nc1cncc(-c2cccc(/C=C3/SC(=O)NC3=O)c2)n1)c1ccccc1.C[C@H](Nc1cncc(-c2cccc(C=O)c2)n1)c1ccccc1. The number of nitrogens with zero attached hydrogens (tertiary/aromatic N) is 4. The van der Waals surface area contributed by atoms with E-state index in [0.29, 0.717) is 22.1 Å². The first-order valence-electron chi connectivity index (χ1n) is 16.5. The first-order valence-corrected chi connectivity index (χ1v) is 17.3. The molecule has 1 aliphatic rings. The molecule has 0 radical (unpaired) electrons. The Kier molecular flexibility index (Phi) is 11.5. The number of hydrogen-bond acceptors (Lipinski definition) is 10. The van der Waals surface area contributed by atoms with Gasteiger partial charge in [-0.3, -0.25) is 29.7 Å². The monoisotopic (exact) mass is 705 g/mol. The highest BCUT2D eigenvalue weighted by Gasteiger charge is 2.25. The minimum Gasteiger partial charge on any atom is -0.362 e. The van der Waals surface area contributed by atoms with E-state index >= 15 is 0 Å². The Hall–Kier alpha value is -6.46. The van der Waals surface area contributed by atoms with Gasteiger partial charge in [0.15, 0.2) is 0 Å². The molecular weight excluding hydrogens is 671 g/mol. The van der Waals surface area contributed by atoms with E-state index in [9.17, 15) is 14.4 Å². The predicted octanol–water partition coefficient (Wildman–Crippen LogP) is 8.77. The van der Waals surface area contributed by atoms with Crippen molar-refractivity contribution in [2.75, 3.05) is 10.6 Å². The van der Waals surface area contributed by atoms with Crippen molar-refractivity contribution >= 4 is 46.9 Å². The van der Waals surface area contributed by atoms with E-state index in [4.69, 9.17) is 0 Å². The Morgan fingerprint density at radius 2 is 1.13 bits per heavy atom. The number of nitrogens with one attached hydrogen (secondary N) is 3. The van der Waals surface area contributed by atoms with Crippen molar-refractivity contribution in [1.82, 2.24) is 25.3 Å². The van der Waals surface area contributed by atoms with Crippen molar-refractivity contribution in [3.63, 3.8) is 0 Å². The molecule has 0 bridgehead atoms. The van der Waals surface area contributed by atoms with E-state index in [-0.39, 0.29) is 23.2 Å². The molecule has 1 saturated heterocycles. The zero-order chi connectivity index (χ0) is 36.3. The number of carbonyl (C=O) groups excluding carboxylic acids is 3. The molecule has 11 heteroatoms. The first kappa shape index (κ1) is 35.4. The average molecular weight is 706 g/mol. The molecule has 3 heterocycles. The van der Waals surface area contributed by atoms with E-state index in [1.165, 1.54) is 5.56 Å². The van der Waals surface area contributed by atoms with Crippen LogP contribution in [0, 0.1) is 0 Å². The molecular formula is C41H35N7O3S. The van der Waals surface area contributed by atoms with Gasteiger partial charge in [0.05, 0.1) is 41.1 Å². The minimum absolute atomic E-state index is 0.0901. The number of carbonyl (C=O) groups is 3. The van der Waals surface area contributed by atoms with Gasteiger partial charge in [0, 0.05) is 28.8 Å². The van der Waals surface area contributed by atoms with Crippen LogP contribution in [0.4, 0.5) is 16.4 Å². The molecule has 2 amide bonds. The topological polar surface area (TPSA) is 139 Å². The smallest absolute Gasteiger partial charge is 0.290 e. The first-order chi connectivity index (χ1) is 25.3. The maximum absolute atomic E-state index is 11.8. The average Bonchev–Trinajstić information content (AvgIpc) is 3.51. The third kappa shape index (κ3) is 9.40. The highest BCUT2D eigenvalue weighted by molar-refractivity contribution is 8.18. The van der Waals surface area contributed by atoms with Gasteiger partial charge in [-0.2, -0.15) is 0 Å². The fourth-order valence-electron chi connectivity index (χ4n) is 5.37. The molecule has 1 fully saturated rings. The third-order valence-corrected chi connectivity index (χ3v) is 8.85. The summed E-state index contributed by atoms with van der Waals surface area (Å²) in [5.41, 5.74) is 6.98. The van der Waals surface area contributed by atoms with Crippen LogP contribution in [0.1, 0.15) is 53.0 Å². The second kappa shape index (κ2) is 17.0. The maximum atomic E-state index is 11.8. The maximum Gasteiger partial charge on any atom is 0.290 e. The Labute approximate surface area is 305 Å². The summed E-state index contributed by atoms with van der Waals surface area (Å²) < 4.78 is 0. The molecule has 3 N–H and O–H groups in total. The number of aromatic nitrogens is 4. The predicted molar refractivity (Wildman–Crippen MR) is 206 cm³/mol. The summed E-state index contributed by atoms with van der Waals surface area (Å²) in [7, 11) is 0. The Morgan fingerprint density at radius 1 is 0.635 bits per heavy atom. The van der Waals surface area contributed by atoms with Gasteiger partial charge in [0.2, 0.25) is 0 Å². The number of amides is 2. The van der Waals surface area contributed by atoms with Crippen molar-refractivity contribution in [1.29, 1.82) is 0 Å². The lowest BCUT2D eigenvalue weighted by atomic mass is 10.1. The minimum atomic E-state index is -0.369. The van der Waals surface area contributed by atoms with E-state index in [1.807, 2.05) is 72.8 Å². The lowest BCUT2D eigenvalue weighted by Crippen LogP contribution is -2.17. The molecule has 4 aromatic carbocycles. The molecule has 7 rings (SSSR count). The number of benzene rings is 4.